The molecule has 34 heavy (non-hydrogen) atoms. The number of nitrogens with zero attached hydrogens (tertiary/aromatic N) is 3. The molecule has 9 nitrogen and oxygen atoms in total. The number of aromatic nitrogens is 2. The predicted molar refractivity (Wildman–Crippen MR) is 127 cm³/mol. The normalized spacial score (nSPS) is 20.1. The minimum atomic E-state index is -3.76. The van der Waals surface area contributed by atoms with Crippen LogP contribution in [0.2, 0.25) is 0 Å². The van der Waals surface area contributed by atoms with Crippen molar-refractivity contribution in [2.45, 2.75) is 30.2 Å². The van der Waals surface area contributed by atoms with Gasteiger partial charge < -0.3 is 14.6 Å². The van der Waals surface area contributed by atoms with E-state index in [1.54, 1.807) is 35.0 Å². The summed E-state index contributed by atoms with van der Waals surface area (Å²) in [6, 6.07) is 12.3. The Kier molecular flexibility index (Phi) is 5.97. The number of piperidine rings is 1. The van der Waals surface area contributed by atoms with E-state index in [0.717, 1.165) is 17.5 Å². The molecule has 1 amide bonds. The topological polar surface area (TPSA) is 111 Å². The second kappa shape index (κ2) is 8.94. The molecule has 0 saturated carbocycles. The monoisotopic (exact) mass is 482 g/mol. The van der Waals surface area contributed by atoms with E-state index in [2.05, 4.69) is 10.3 Å². The van der Waals surface area contributed by atoms with Gasteiger partial charge in [0.25, 0.3) is 5.56 Å². The number of carbonyl (C=O) groups excluding carboxylic acids is 1. The summed E-state index contributed by atoms with van der Waals surface area (Å²) < 4.78 is 35.4. The van der Waals surface area contributed by atoms with E-state index in [1.807, 2.05) is 18.2 Å². The Bertz CT molecular complexity index is 1410. The molecule has 2 unspecified atom stereocenters. The number of hydrogen-bond acceptors (Lipinski definition) is 6. The van der Waals surface area contributed by atoms with Gasteiger partial charge in [-0.05, 0) is 36.6 Å². The van der Waals surface area contributed by atoms with Gasteiger partial charge in [0.1, 0.15) is 10.6 Å². The van der Waals surface area contributed by atoms with Gasteiger partial charge in [-0.25, -0.2) is 8.42 Å². The average molecular weight is 483 g/mol. The lowest BCUT2D eigenvalue weighted by atomic mass is 9.84. The quantitative estimate of drug-likeness (QED) is 0.577. The second-order valence-corrected chi connectivity index (χ2v) is 10.7. The molecule has 178 valence electrons. The first-order valence-electron chi connectivity index (χ1n) is 11.2. The fourth-order valence-electron chi connectivity index (χ4n) is 5.02. The highest BCUT2D eigenvalue weighted by Crippen LogP contribution is 2.38. The summed E-state index contributed by atoms with van der Waals surface area (Å²) in [5.74, 6) is -0.381. The van der Waals surface area contributed by atoms with Crippen LogP contribution >= 0.6 is 0 Å². The Labute approximate surface area is 197 Å². The number of sulfonamides is 1. The van der Waals surface area contributed by atoms with E-state index >= 15 is 0 Å². The first-order valence-corrected chi connectivity index (χ1v) is 12.7. The van der Waals surface area contributed by atoms with Crippen molar-refractivity contribution in [2.24, 2.45) is 5.92 Å². The number of para-hydroxylation sites is 1. The third kappa shape index (κ3) is 4.02. The van der Waals surface area contributed by atoms with Gasteiger partial charge in [-0.15, -0.1) is 0 Å². The van der Waals surface area contributed by atoms with Crippen LogP contribution in [0.5, 0.6) is 0 Å². The van der Waals surface area contributed by atoms with Crippen LogP contribution in [-0.2, 0) is 26.1 Å². The summed E-state index contributed by atoms with van der Waals surface area (Å²) in [5.41, 5.74) is 1.24. The van der Waals surface area contributed by atoms with Gasteiger partial charge in [0.15, 0.2) is 0 Å². The van der Waals surface area contributed by atoms with Gasteiger partial charge in [0.2, 0.25) is 15.9 Å². The van der Waals surface area contributed by atoms with E-state index < -0.39 is 10.0 Å². The molecule has 4 heterocycles. The van der Waals surface area contributed by atoms with Crippen molar-refractivity contribution in [2.75, 3.05) is 32.1 Å². The lowest BCUT2D eigenvalue weighted by Gasteiger charge is -2.42. The van der Waals surface area contributed by atoms with Crippen molar-refractivity contribution in [1.82, 2.24) is 13.9 Å². The van der Waals surface area contributed by atoms with Gasteiger partial charge in [-0.2, -0.15) is 4.31 Å². The van der Waals surface area contributed by atoms with Crippen molar-refractivity contribution in [1.29, 1.82) is 0 Å². The number of fused-ring (bicyclic) bond motifs is 5. The second-order valence-electron chi connectivity index (χ2n) is 8.83. The smallest absolute Gasteiger partial charge is 0.274 e. The van der Waals surface area contributed by atoms with Crippen LogP contribution in [0, 0.1) is 5.92 Å². The number of rotatable bonds is 6. The number of carbonyl (C=O) groups is 1. The molecule has 0 spiro atoms. The third-order valence-electron chi connectivity index (χ3n) is 6.59. The van der Waals surface area contributed by atoms with Gasteiger partial charge in [-0.1, -0.05) is 18.2 Å². The van der Waals surface area contributed by atoms with E-state index in [9.17, 15) is 18.0 Å². The summed E-state index contributed by atoms with van der Waals surface area (Å²) in [6.45, 7) is 1.31. The molecule has 1 aromatic carbocycles. The van der Waals surface area contributed by atoms with E-state index in [1.165, 1.54) is 11.4 Å². The van der Waals surface area contributed by atoms with Gasteiger partial charge in [0.05, 0.1) is 18.5 Å². The maximum Gasteiger partial charge on any atom is 0.274 e. The van der Waals surface area contributed by atoms with Crippen LogP contribution in [0.25, 0.3) is 10.9 Å². The zero-order valence-corrected chi connectivity index (χ0v) is 19.6. The third-order valence-corrected chi connectivity index (χ3v) is 8.45. The van der Waals surface area contributed by atoms with E-state index in [0.29, 0.717) is 25.2 Å². The molecule has 1 saturated heterocycles. The summed E-state index contributed by atoms with van der Waals surface area (Å²) in [4.78, 5) is 29.7. The molecule has 2 aliphatic rings. The summed E-state index contributed by atoms with van der Waals surface area (Å²) in [5, 5.41) is 3.44. The molecule has 2 aromatic heterocycles. The molecule has 2 aliphatic heterocycles. The lowest BCUT2D eigenvalue weighted by Crippen LogP contribution is -2.49. The van der Waals surface area contributed by atoms with Crippen LogP contribution in [0.3, 0.4) is 0 Å². The summed E-state index contributed by atoms with van der Waals surface area (Å²) in [6.07, 6.45) is 2.58. The van der Waals surface area contributed by atoms with Crippen molar-refractivity contribution in [3.05, 3.63) is 64.7 Å². The maximum atomic E-state index is 13.6. The van der Waals surface area contributed by atoms with Crippen LogP contribution in [0.15, 0.2) is 58.4 Å². The Morgan fingerprint density at radius 1 is 1.15 bits per heavy atom. The largest absolute Gasteiger partial charge is 0.384 e. The van der Waals surface area contributed by atoms with Crippen LogP contribution < -0.4 is 10.9 Å². The number of methoxy groups -OCH3 is 1. The fraction of sp³-hybridized carbons (Fsp3) is 0.375. The zero-order valence-electron chi connectivity index (χ0n) is 18.8. The Morgan fingerprint density at radius 2 is 1.97 bits per heavy atom. The molecule has 10 heteroatoms. The highest BCUT2D eigenvalue weighted by Gasteiger charge is 2.40. The van der Waals surface area contributed by atoms with Gasteiger partial charge >= 0.3 is 0 Å². The van der Waals surface area contributed by atoms with Crippen molar-refractivity contribution >= 4 is 32.5 Å². The lowest BCUT2D eigenvalue weighted by molar-refractivity contribution is -0.117. The van der Waals surface area contributed by atoms with Crippen molar-refractivity contribution < 1.29 is 17.9 Å². The number of anilines is 1. The Morgan fingerprint density at radius 3 is 2.79 bits per heavy atom. The standard InChI is InChI=1S/C24H26N4O5S/c1-33-11-9-22(29)26-19-7-8-20-18-12-16(14-28(20)24(19)30)13-27(15-18)34(31,32)21-6-2-4-17-5-3-10-25-23(17)21/h2-8,10,16,18H,9,11-15H2,1H3,(H,26,29). The fourth-order valence-corrected chi connectivity index (χ4v) is 6.75. The number of nitrogens with one attached hydrogen (secondary N) is 1. The Balaban J connectivity index is 1.43. The van der Waals surface area contributed by atoms with Crippen LogP contribution in [-0.4, -0.2) is 55.0 Å². The zero-order chi connectivity index (χ0) is 23.9. The minimum absolute atomic E-state index is 0.00102. The number of benzene rings is 1. The van der Waals surface area contributed by atoms with Crippen molar-refractivity contribution in [3.8, 4) is 0 Å². The number of ether oxygens (including phenoxy) is 1. The average Bonchev–Trinajstić information content (AvgIpc) is 2.84. The summed E-state index contributed by atoms with van der Waals surface area (Å²) >= 11 is 0. The highest BCUT2D eigenvalue weighted by molar-refractivity contribution is 7.89. The van der Waals surface area contributed by atoms with Crippen LogP contribution in [0.1, 0.15) is 24.5 Å². The number of pyridine rings is 2. The molecular weight excluding hydrogens is 456 g/mol. The SMILES string of the molecule is COCCC(=O)Nc1ccc2n(c1=O)CC1CC2CN(S(=O)(=O)c2cccc3cccnc23)C1. The molecule has 0 aliphatic carbocycles. The molecule has 1 N–H and O–H groups in total. The molecule has 1 fully saturated rings. The molecule has 5 rings (SSSR count). The highest BCUT2D eigenvalue weighted by atomic mass is 32.2. The van der Waals surface area contributed by atoms with Gasteiger partial charge in [0, 0.05) is 49.9 Å². The number of hydrogen-bond donors (Lipinski definition) is 1. The number of amides is 1. The first-order chi connectivity index (χ1) is 16.4. The predicted octanol–water partition coefficient (Wildman–Crippen LogP) is 2.18. The molecular formula is C24H26N4O5S. The first kappa shape index (κ1) is 22.7. The van der Waals surface area contributed by atoms with E-state index in [-0.39, 0.29) is 46.9 Å². The molecule has 3 aromatic rings. The molecule has 0 radical (unpaired) electrons. The Hall–Kier alpha value is -3.08. The molecule has 2 atom stereocenters. The van der Waals surface area contributed by atoms with Gasteiger partial charge in [-0.3, -0.25) is 14.6 Å². The summed E-state index contributed by atoms with van der Waals surface area (Å²) in [7, 11) is -2.25. The van der Waals surface area contributed by atoms with Crippen molar-refractivity contribution in [3.63, 3.8) is 0 Å². The van der Waals surface area contributed by atoms with E-state index in [4.69, 9.17) is 4.74 Å². The maximum absolute atomic E-state index is 13.6. The van der Waals surface area contributed by atoms with Crippen LogP contribution in [0.4, 0.5) is 5.69 Å². The molecule has 2 bridgehead atoms. The minimum Gasteiger partial charge on any atom is -0.384 e.